The lowest BCUT2D eigenvalue weighted by molar-refractivity contribution is -0.128. The molecular formula is C24H19NO4. The van der Waals surface area contributed by atoms with E-state index >= 15 is 0 Å². The van der Waals surface area contributed by atoms with Crippen molar-refractivity contribution in [1.29, 1.82) is 0 Å². The molecule has 1 heterocycles. The molecule has 5 nitrogen and oxygen atoms in total. The number of esters is 1. The number of oxazole rings is 1. The van der Waals surface area contributed by atoms with Gasteiger partial charge in [-0.25, -0.2) is 9.78 Å². The maximum absolute atomic E-state index is 12.1. The predicted octanol–water partition coefficient (Wildman–Crippen LogP) is 5.33. The molecule has 0 aliphatic carbocycles. The van der Waals surface area contributed by atoms with Crippen LogP contribution in [0.3, 0.4) is 0 Å². The topological polar surface area (TPSA) is 61.6 Å². The van der Waals surface area contributed by atoms with Crippen LogP contribution in [0.5, 0.6) is 11.5 Å². The Bertz CT molecular complexity index is 1160. The standard InChI is InChI=1S/C24H19NO4/c1-17-25-22-12-11-21(15-23(22)28-17)29-24(26)13-10-18-8-5-9-20(14-18)27-16-19-6-3-2-4-7-19/h2-15H,16H2,1H3/b13-10+. The summed E-state index contributed by atoms with van der Waals surface area (Å²) in [5.74, 6) is 1.23. The van der Waals surface area contributed by atoms with Gasteiger partial charge >= 0.3 is 5.97 Å². The van der Waals surface area contributed by atoms with Crippen LogP contribution in [-0.4, -0.2) is 11.0 Å². The molecule has 0 amide bonds. The molecule has 0 saturated carbocycles. The van der Waals surface area contributed by atoms with Gasteiger partial charge in [-0.3, -0.25) is 0 Å². The first-order valence-corrected chi connectivity index (χ1v) is 9.19. The van der Waals surface area contributed by atoms with E-state index in [0.29, 0.717) is 23.8 Å². The number of nitrogens with zero attached hydrogens (tertiary/aromatic N) is 1. The van der Waals surface area contributed by atoms with Gasteiger partial charge in [0.25, 0.3) is 0 Å². The van der Waals surface area contributed by atoms with Gasteiger partial charge in [0.15, 0.2) is 11.5 Å². The largest absolute Gasteiger partial charge is 0.489 e. The summed E-state index contributed by atoms with van der Waals surface area (Å²) in [4.78, 5) is 16.4. The number of carbonyl (C=O) groups is 1. The van der Waals surface area contributed by atoms with Crippen molar-refractivity contribution in [3.05, 3.63) is 95.9 Å². The molecule has 4 aromatic rings. The summed E-state index contributed by atoms with van der Waals surface area (Å²) in [5.41, 5.74) is 3.25. The second-order valence-corrected chi connectivity index (χ2v) is 6.46. The summed E-state index contributed by atoms with van der Waals surface area (Å²) < 4.78 is 16.6. The molecule has 0 N–H and O–H groups in total. The van der Waals surface area contributed by atoms with Crippen LogP contribution < -0.4 is 9.47 Å². The monoisotopic (exact) mass is 385 g/mol. The van der Waals surface area contributed by atoms with E-state index in [1.165, 1.54) is 6.08 Å². The fourth-order valence-electron chi connectivity index (χ4n) is 2.85. The van der Waals surface area contributed by atoms with E-state index in [0.717, 1.165) is 22.4 Å². The molecule has 0 spiro atoms. The molecule has 0 fully saturated rings. The first-order valence-electron chi connectivity index (χ1n) is 9.19. The number of aromatic nitrogens is 1. The summed E-state index contributed by atoms with van der Waals surface area (Å²) in [5, 5.41) is 0. The van der Waals surface area contributed by atoms with Gasteiger partial charge < -0.3 is 13.9 Å². The van der Waals surface area contributed by atoms with Crippen molar-refractivity contribution < 1.29 is 18.7 Å². The van der Waals surface area contributed by atoms with E-state index in [2.05, 4.69) is 4.98 Å². The summed E-state index contributed by atoms with van der Waals surface area (Å²) in [6.45, 7) is 2.26. The molecule has 0 unspecified atom stereocenters. The van der Waals surface area contributed by atoms with Crippen LogP contribution >= 0.6 is 0 Å². The van der Waals surface area contributed by atoms with E-state index in [-0.39, 0.29) is 0 Å². The van der Waals surface area contributed by atoms with Crippen molar-refractivity contribution in [3.63, 3.8) is 0 Å². The molecule has 144 valence electrons. The van der Waals surface area contributed by atoms with Gasteiger partial charge in [-0.15, -0.1) is 0 Å². The summed E-state index contributed by atoms with van der Waals surface area (Å²) in [6, 6.07) is 22.6. The number of fused-ring (bicyclic) bond motifs is 1. The molecule has 5 heteroatoms. The number of hydrogen-bond donors (Lipinski definition) is 0. The highest BCUT2D eigenvalue weighted by atomic mass is 16.5. The van der Waals surface area contributed by atoms with Crippen molar-refractivity contribution in [1.82, 2.24) is 4.98 Å². The smallest absolute Gasteiger partial charge is 0.336 e. The third-order valence-electron chi connectivity index (χ3n) is 4.20. The van der Waals surface area contributed by atoms with Crippen molar-refractivity contribution in [2.75, 3.05) is 0 Å². The van der Waals surface area contributed by atoms with Crippen molar-refractivity contribution >= 4 is 23.1 Å². The lowest BCUT2D eigenvalue weighted by Crippen LogP contribution is -2.03. The molecular weight excluding hydrogens is 366 g/mol. The second-order valence-electron chi connectivity index (χ2n) is 6.46. The zero-order valence-electron chi connectivity index (χ0n) is 15.9. The minimum absolute atomic E-state index is 0.406. The Morgan fingerprint density at radius 2 is 1.86 bits per heavy atom. The lowest BCUT2D eigenvalue weighted by atomic mass is 10.2. The number of hydrogen-bond acceptors (Lipinski definition) is 5. The van der Waals surface area contributed by atoms with E-state index in [1.54, 1.807) is 31.2 Å². The van der Waals surface area contributed by atoms with Crippen molar-refractivity contribution in [3.8, 4) is 11.5 Å². The molecule has 0 saturated heterocycles. The second kappa shape index (κ2) is 8.44. The summed E-state index contributed by atoms with van der Waals surface area (Å²) in [7, 11) is 0. The zero-order chi connectivity index (χ0) is 20.1. The van der Waals surface area contributed by atoms with Crippen LogP contribution in [0.25, 0.3) is 17.2 Å². The first-order chi connectivity index (χ1) is 14.2. The molecule has 0 radical (unpaired) electrons. The Hall–Kier alpha value is -3.86. The van der Waals surface area contributed by atoms with Gasteiger partial charge in [0.2, 0.25) is 0 Å². The molecule has 0 aliphatic rings. The zero-order valence-corrected chi connectivity index (χ0v) is 15.9. The average molecular weight is 385 g/mol. The number of ether oxygens (including phenoxy) is 2. The number of carbonyl (C=O) groups excluding carboxylic acids is 1. The Morgan fingerprint density at radius 1 is 1.00 bits per heavy atom. The van der Waals surface area contributed by atoms with E-state index in [4.69, 9.17) is 13.9 Å². The van der Waals surface area contributed by atoms with Crippen LogP contribution in [-0.2, 0) is 11.4 Å². The fraction of sp³-hybridized carbons (Fsp3) is 0.0833. The fourth-order valence-corrected chi connectivity index (χ4v) is 2.85. The van der Waals surface area contributed by atoms with Crippen LogP contribution in [0.1, 0.15) is 17.0 Å². The minimum Gasteiger partial charge on any atom is -0.489 e. The van der Waals surface area contributed by atoms with Crippen molar-refractivity contribution in [2.24, 2.45) is 0 Å². The highest BCUT2D eigenvalue weighted by Gasteiger charge is 2.06. The van der Waals surface area contributed by atoms with Gasteiger partial charge in [-0.1, -0.05) is 42.5 Å². The highest BCUT2D eigenvalue weighted by Crippen LogP contribution is 2.22. The molecule has 29 heavy (non-hydrogen) atoms. The third kappa shape index (κ3) is 4.90. The van der Waals surface area contributed by atoms with Crippen LogP contribution in [0, 0.1) is 6.92 Å². The summed E-state index contributed by atoms with van der Waals surface area (Å²) in [6.07, 6.45) is 3.07. The Labute approximate surface area is 168 Å². The van der Waals surface area contributed by atoms with E-state index in [1.807, 2.05) is 54.6 Å². The maximum Gasteiger partial charge on any atom is 0.336 e. The predicted molar refractivity (Wildman–Crippen MR) is 111 cm³/mol. The lowest BCUT2D eigenvalue weighted by Gasteiger charge is -2.07. The molecule has 4 rings (SSSR count). The molecule has 3 aromatic carbocycles. The molecule has 0 bridgehead atoms. The molecule has 0 atom stereocenters. The van der Waals surface area contributed by atoms with Crippen molar-refractivity contribution in [2.45, 2.75) is 13.5 Å². The van der Waals surface area contributed by atoms with E-state index in [9.17, 15) is 4.79 Å². The van der Waals surface area contributed by atoms with Gasteiger partial charge in [-0.05, 0) is 41.5 Å². The van der Waals surface area contributed by atoms with Crippen LogP contribution in [0.4, 0.5) is 0 Å². The quantitative estimate of drug-likeness (QED) is 0.255. The highest BCUT2D eigenvalue weighted by molar-refractivity contribution is 5.89. The maximum atomic E-state index is 12.1. The Balaban J connectivity index is 1.38. The number of rotatable bonds is 6. The minimum atomic E-state index is -0.476. The molecule has 1 aromatic heterocycles. The Kier molecular flexibility index (Phi) is 5.38. The third-order valence-corrected chi connectivity index (χ3v) is 4.20. The molecule has 0 aliphatic heterocycles. The van der Waals surface area contributed by atoms with Gasteiger partial charge in [0, 0.05) is 19.1 Å². The van der Waals surface area contributed by atoms with Gasteiger partial charge in [0.05, 0.1) is 0 Å². The number of benzene rings is 3. The SMILES string of the molecule is Cc1nc2ccc(OC(=O)/C=C/c3cccc(OCc4ccccc4)c3)cc2o1. The summed E-state index contributed by atoms with van der Waals surface area (Å²) >= 11 is 0. The van der Waals surface area contributed by atoms with Gasteiger partial charge in [-0.2, -0.15) is 0 Å². The Morgan fingerprint density at radius 3 is 2.72 bits per heavy atom. The van der Waals surface area contributed by atoms with Crippen LogP contribution in [0.2, 0.25) is 0 Å². The van der Waals surface area contributed by atoms with Crippen LogP contribution in [0.15, 0.2) is 83.3 Å². The van der Waals surface area contributed by atoms with Gasteiger partial charge in [0.1, 0.15) is 23.6 Å². The number of aryl methyl sites for hydroxylation is 1. The first kappa shape index (κ1) is 18.5. The normalized spacial score (nSPS) is 11.1. The van der Waals surface area contributed by atoms with E-state index < -0.39 is 5.97 Å². The average Bonchev–Trinajstić information content (AvgIpc) is 3.11.